The SMILES string of the molecule is CC1(C)OC2C[C@H](CN)OC(n3cnc4c(N)ncnc43)C2O1. The predicted octanol–water partition coefficient (Wildman–Crippen LogP) is 0.175. The molecule has 2 aliphatic rings. The van der Waals surface area contributed by atoms with E-state index in [1.54, 1.807) is 6.33 Å². The molecule has 2 aliphatic heterocycles. The van der Waals surface area contributed by atoms with E-state index in [0.717, 1.165) is 0 Å². The predicted molar refractivity (Wildman–Crippen MR) is 81.1 cm³/mol. The lowest BCUT2D eigenvalue weighted by Crippen LogP contribution is -2.46. The van der Waals surface area contributed by atoms with Gasteiger partial charge in [0.05, 0.1) is 18.5 Å². The van der Waals surface area contributed by atoms with Crippen LogP contribution in [0.1, 0.15) is 26.5 Å². The van der Waals surface area contributed by atoms with Gasteiger partial charge in [0.25, 0.3) is 0 Å². The zero-order valence-electron chi connectivity index (χ0n) is 13.0. The number of nitrogens with zero attached hydrogens (tertiary/aromatic N) is 4. The fourth-order valence-electron chi connectivity index (χ4n) is 3.31. The Labute approximate surface area is 132 Å². The van der Waals surface area contributed by atoms with Gasteiger partial charge in [-0.3, -0.25) is 4.57 Å². The fourth-order valence-corrected chi connectivity index (χ4v) is 3.31. The summed E-state index contributed by atoms with van der Waals surface area (Å²) in [6.07, 6.45) is 2.86. The number of imidazole rings is 1. The molecule has 0 spiro atoms. The molecule has 9 heteroatoms. The van der Waals surface area contributed by atoms with Gasteiger partial charge in [0.1, 0.15) is 17.9 Å². The van der Waals surface area contributed by atoms with Crippen LogP contribution in [0.5, 0.6) is 0 Å². The second kappa shape index (κ2) is 5.10. The highest BCUT2D eigenvalue weighted by Gasteiger charge is 2.50. The maximum Gasteiger partial charge on any atom is 0.167 e. The number of nitrogen functional groups attached to an aromatic ring is 1. The number of fused-ring (bicyclic) bond motifs is 2. The number of hydrogen-bond donors (Lipinski definition) is 2. The number of nitrogens with two attached hydrogens (primary N) is 2. The summed E-state index contributed by atoms with van der Waals surface area (Å²) in [5.74, 6) is -0.328. The number of hydrogen-bond acceptors (Lipinski definition) is 8. The van der Waals surface area contributed by atoms with Gasteiger partial charge in [-0.1, -0.05) is 0 Å². The van der Waals surface area contributed by atoms with Crippen LogP contribution in [-0.2, 0) is 14.2 Å². The molecule has 9 nitrogen and oxygen atoms in total. The minimum Gasteiger partial charge on any atom is -0.382 e. The largest absolute Gasteiger partial charge is 0.382 e. The van der Waals surface area contributed by atoms with Crippen molar-refractivity contribution in [3.63, 3.8) is 0 Å². The molecule has 0 amide bonds. The fraction of sp³-hybridized carbons (Fsp3) is 0.643. The average Bonchev–Trinajstić information content (AvgIpc) is 3.06. The van der Waals surface area contributed by atoms with Gasteiger partial charge in [-0.15, -0.1) is 0 Å². The van der Waals surface area contributed by atoms with Crippen molar-refractivity contribution in [2.24, 2.45) is 5.73 Å². The maximum absolute atomic E-state index is 6.13. The van der Waals surface area contributed by atoms with Gasteiger partial charge in [-0.25, -0.2) is 15.0 Å². The third-order valence-electron chi connectivity index (χ3n) is 4.25. The summed E-state index contributed by atoms with van der Waals surface area (Å²) in [5.41, 5.74) is 12.8. The lowest BCUT2D eigenvalue weighted by atomic mass is 10.0. The molecule has 23 heavy (non-hydrogen) atoms. The third-order valence-corrected chi connectivity index (χ3v) is 4.25. The second-order valence-electron chi connectivity index (χ2n) is 6.34. The third kappa shape index (κ3) is 2.36. The van der Waals surface area contributed by atoms with Gasteiger partial charge in [0.15, 0.2) is 23.5 Å². The zero-order valence-corrected chi connectivity index (χ0v) is 13.0. The van der Waals surface area contributed by atoms with Crippen molar-refractivity contribution < 1.29 is 14.2 Å². The van der Waals surface area contributed by atoms with Crippen molar-refractivity contribution in [2.75, 3.05) is 12.3 Å². The van der Waals surface area contributed by atoms with Crippen molar-refractivity contribution in [2.45, 2.75) is 50.6 Å². The van der Waals surface area contributed by atoms with Crippen LogP contribution in [0, 0.1) is 0 Å². The smallest absolute Gasteiger partial charge is 0.167 e. The Morgan fingerprint density at radius 2 is 2.13 bits per heavy atom. The Morgan fingerprint density at radius 3 is 2.91 bits per heavy atom. The van der Waals surface area contributed by atoms with E-state index >= 15 is 0 Å². The summed E-state index contributed by atoms with van der Waals surface area (Å²) in [7, 11) is 0. The number of ether oxygens (including phenoxy) is 3. The van der Waals surface area contributed by atoms with E-state index in [2.05, 4.69) is 15.0 Å². The first-order chi connectivity index (χ1) is 11.0. The molecule has 0 saturated carbocycles. The second-order valence-corrected chi connectivity index (χ2v) is 6.34. The van der Waals surface area contributed by atoms with E-state index in [4.69, 9.17) is 25.7 Å². The van der Waals surface area contributed by atoms with E-state index in [1.807, 2.05) is 18.4 Å². The Kier molecular flexibility index (Phi) is 3.27. The van der Waals surface area contributed by atoms with E-state index in [0.29, 0.717) is 29.9 Å². The highest BCUT2D eigenvalue weighted by Crippen LogP contribution is 2.41. The molecule has 2 fully saturated rings. The van der Waals surface area contributed by atoms with Crippen LogP contribution in [0.2, 0.25) is 0 Å². The molecule has 4 N–H and O–H groups in total. The number of aromatic nitrogens is 4. The van der Waals surface area contributed by atoms with Crippen LogP contribution in [0.4, 0.5) is 5.82 Å². The standard InChI is InChI=1S/C14H20N6O3/c1-14(2)22-8-3-7(4-15)21-13(10(8)23-14)20-6-19-9-11(16)17-5-18-12(9)20/h5-8,10,13H,3-4,15H2,1-2H3,(H2,16,17,18)/t7-,8?,10?,13?/m1/s1. The molecular weight excluding hydrogens is 300 g/mol. The first kappa shape index (κ1) is 14.8. The van der Waals surface area contributed by atoms with Crippen LogP contribution < -0.4 is 11.5 Å². The first-order valence-corrected chi connectivity index (χ1v) is 7.62. The summed E-state index contributed by atoms with van der Waals surface area (Å²) in [5, 5.41) is 0. The Bertz CT molecular complexity index is 732. The summed E-state index contributed by atoms with van der Waals surface area (Å²) >= 11 is 0. The summed E-state index contributed by atoms with van der Waals surface area (Å²) < 4.78 is 20.0. The normalized spacial score (nSPS) is 33.0. The van der Waals surface area contributed by atoms with Gasteiger partial charge in [-0.05, 0) is 13.8 Å². The van der Waals surface area contributed by atoms with E-state index in [1.165, 1.54) is 6.33 Å². The highest BCUT2D eigenvalue weighted by atomic mass is 16.8. The quantitative estimate of drug-likeness (QED) is 0.803. The number of anilines is 1. The van der Waals surface area contributed by atoms with Gasteiger partial charge in [0.2, 0.25) is 0 Å². The van der Waals surface area contributed by atoms with Crippen LogP contribution in [-0.4, -0.2) is 50.2 Å². The van der Waals surface area contributed by atoms with Crippen LogP contribution >= 0.6 is 0 Å². The van der Waals surface area contributed by atoms with Crippen molar-refractivity contribution >= 4 is 17.0 Å². The van der Waals surface area contributed by atoms with E-state index in [-0.39, 0.29) is 18.3 Å². The Balaban J connectivity index is 1.77. The molecule has 4 rings (SSSR count). The highest BCUT2D eigenvalue weighted by molar-refractivity contribution is 5.81. The van der Waals surface area contributed by atoms with Crippen molar-refractivity contribution in [3.05, 3.63) is 12.7 Å². The van der Waals surface area contributed by atoms with Crippen LogP contribution in [0.3, 0.4) is 0 Å². The Hall–Kier alpha value is -1.81. The average molecular weight is 320 g/mol. The zero-order chi connectivity index (χ0) is 16.2. The van der Waals surface area contributed by atoms with E-state index in [9.17, 15) is 0 Å². The topological polar surface area (TPSA) is 123 Å². The van der Waals surface area contributed by atoms with Crippen molar-refractivity contribution in [3.8, 4) is 0 Å². The van der Waals surface area contributed by atoms with Gasteiger partial charge >= 0.3 is 0 Å². The molecule has 4 heterocycles. The van der Waals surface area contributed by atoms with Gasteiger partial charge < -0.3 is 25.7 Å². The molecule has 0 radical (unpaired) electrons. The Morgan fingerprint density at radius 1 is 1.30 bits per heavy atom. The van der Waals surface area contributed by atoms with Gasteiger partial charge in [-0.2, -0.15) is 0 Å². The molecule has 4 atom stereocenters. The molecule has 3 unspecified atom stereocenters. The first-order valence-electron chi connectivity index (χ1n) is 7.62. The monoisotopic (exact) mass is 320 g/mol. The molecule has 0 aromatic carbocycles. The molecular formula is C14H20N6O3. The molecule has 2 saturated heterocycles. The molecule has 124 valence electrons. The maximum atomic E-state index is 6.13. The molecule has 0 bridgehead atoms. The number of rotatable bonds is 2. The molecule has 0 aliphatic carbocycles. The van der Waals surface area contributed by atoms with Crippen LogP contribution in [0.25, 0.3) is 11.2 Å². The van der Waals surface area contributed by atoms with Crippen molar-refractivity contribution in [1.29, 1.82) is 0 Å². The lowest BCUT2D eigenvalue weighted by molar-refractivity contribution is -0.176. The minimum atomic E-state index is -0.662. The molecule has 2 aromatic heterocycles. The van der Waals surface area contributed by atoms with Crippen LogP contribution in [0.15, 0.2) is 12.7 Å². The van der Waals surface area contributed by atoms with Gasteiger partial charge in [0, 0.05) is 13.0 Å². The lowest BCUT2D eigenvalue weighted by Gasteiger charge is -2.36. The van der Waals surface area contributed by atoms with E-state index < -0.39 is 12.0 Å². The summed E-state index contributed by atoms with van der Waals surface area (Å²) in [6.45, 7) is 4.20. The summed E-state index contributed by atoms with van der Waals surface area (Å²) in [6, 6.07) is 0. The summed E-state index contributed by atoms with van der Waals surface area (Å²) in [4.78, 5) is 12.5. The van der Waals surface area contributed by atoms with Crippen molar-refractivity contribution in [1.82, 2.24) is 19.5 Å². The molecule has 2 aromatic rings. The minimum absolute atomic E-state index is 0.0889.